The zero-order valence-electron chi connectivity index (χ0n) is 12.9. The Hall–Kier alpha value is -0.790. The van der Waals surface area contributed by atoms with Gasteiger partial charge in [-0.3, -0.25) is 0 Å². The molecule has 0 saturated carbocycles. The summed E-state index contributed by atoms with van der Waals surface area (Å²) in [6, 6.07) is 0. The van der Waals surface area contributed by atoms with E-state index in [1.54, 1.807) is 6.08 Å². The monoisotopic (exact) mass is 268 g/mol. The molecule has 0 radical (unpaired) electrons. The van der Waals surface area contributed by atoms with Crippen LogP contribution in [0.4, 0.5) is 0 Å². The van der Waals surface area contributed by atoms with Gasteiger partial charge in [-0.2, -0.15) is 0 Å². The molecular formula is C17H32O2. The first kappa shape index (κ1) is 18.2. The van der Waals surface area contributed by atoms with E-state index >= 15 is 0 Å². The lowest BCUT2D eigenvalue weighted by Crippen LogP contribution is -1.87. The van der Waals surface area contributed by atoms with Crippen LogP contribution in [0.3, 0.4) is 0 Å². The zero-order valence-corrected chi connectivity index (χ0v) is 12.9. The van der Waals surface area contributed by atoms with Gasteiger partial charge in [-0.05, 0) is 18.8 Å². The highest BCUT2D eigenvalue weighted by atomic mass is 16.4. The van der Waals surface area contributed by atoms with Crippen LogP contribution in [0.1, 0.15) is 84.5 Å². The van der Waals surface area contributed by atoms with Gasteiger partial charge >= 0.3 is 5.97 Å². The quantitative estimate of drug-likeness (QED) is 0.350. The summed E-state index contributed by atoms with van der Waals surface area (Å²) < 4.78 is 0. The van der Waals surface area contributed by atoms with Gasteiger partial charge in [0.25, 0.3) is 0 Å². The maximum absolute atomic E-state index is 10.2. The van der Waals surface area contributed by atoms with Crippen LogP contribution in [-0.4, -0.2) is 11.1 Å². The summed E-state index contributed by atoms with van der Waals surface area (Å²) in [4.78, 5) is 10.2. The zero-order chi connectivity index (χ0) is 14.3. The minimum Gasteiger partial charge on any atom is -0.478 e. The van der Waals surface area contributed by atoms with Crippen LogP contribution in [-0.2, 0) is 4.79 Å². The molecular weight excluding hydrogens is 236 g/mol. The van der Waals surface area contributed by atoms with Crippen molar-refractivity contribution in [3.05, 3.63) is 12.2 Å². The van der Waals surface area contributed by atoms with Crippen molar-refractivity contribution in [1.82, 2.24) is 0 Å². The number of rotatable bonds is 13. The number of carboxylic acids is 1. The fraction of sp³-hybridized carbons (Fsp3) is 0.824. The third-order valence-corrected chi connectivity index (χ3v) is 3.41. The molecule has 0 fully saturated rings. The minimum atomic E-state index is -0.836. The van der Waals surface area contributed by atoms with Gasteiger partial charge in [-0.15, -0.1) is 0 Å². The first-order chi connectivity index (χ1) is 9.13. The summed E-state index contributed by atoms with van der Waals surface area (Å²) in [7, 11) is 0. The van der Waals surface area contributed by atoms with Gasteiger partial charge in [0, 0.05) is 6.08 Å². The SMILES string of the molecule is CC(C)CCCCCCCCCCCC=CC(=O)O. The lowest BCUT2D eigenvalue weighted by Gasteiger charge is -2.04. The van der Waals surface area contributed by atoms with Crippen molar-refractivity contribution >= 4 is 5.97 Å². The Morgan fingerprint density at radius 3 is 1.84 bits per heavy atom. The van der Waals surface area contributed by atoms with E-state index in [4.69, 9.17) is 5.11 Å². The van der Waals surface area contributed by atoms with Gasteiger partial charge in [-0.25, -0.2) is 4.79 Å². The van der Waals surface area contributed by atoms with Crippen LogP contribution >= 0.6 is 0 Å². The van der Waals surface area contributed by atoms with E-state index in [1.165, 1.54) is 63.9 Å². The average Bonchev–Trinajstić information content (AvgIpc) is 2.34. The number of allylic oxidation sites excluding steroid dienone is 1. The highest BCUT2D eigenvalue weighted by Crippen LogP contribution is 2.13. The molecule has 0 aromatic rings. The summed E-state index contributed by atoms with van der Waals surface area (Å²) in [5, 5.41) is 8.42. The van der Waals surface area contributed by atoms with E-state index in [-0.39, 0.29) is 0 Å². The molecule has 0 saturated heterocycles. The second-order valence-corrected chi connectivity index (χ2v) is 5.89. The van der Waals surface area contributed by atoms with Crippen molar-refractivity contribution in [2.24, 2.45) is 5.92 Å². The van der Waals surface area contributed by atoms with Gasteiger partial charge in [-0.1, -0.05) is 77.7 Å². The molecule has 0 spiro atoms. The Kier molecular flexibility index (Phi) is 13.1. The van der Waals surface area contributed by atoms with Crippen molar-refractivity contribution in [3.8, 4) is 0 Å². The summed E-state index contributed by atoms with van der Waals surface area (Å²) in [6.45, 7) is 4.59. The lowest BCUT2D eigenvalue weighted by molar-refractivity contribution is -0.131. The lowest BCUT2D eigenvalue weighted by atomic mass is 10.0. The fourth-order valence-corrected chi connectivity index (χ4v) is 2.24. The number of carbonyl (C=O) groups is 1. The summed E-state index contributed by atoms with van der Waals surface area (Å²) >= 11 is 0. The van der Waals surface area contributed by atoms with Crippen LogP contribution in [0.5, 0.6) is 0 Å². The highest BCUT2D eigenvalue weighted by molar-refractivity contribution is 5.79. The second kappa shape index (κ2) is 13.6. The summed E-state index contributed by atoms with van der Waals surface area (Å²) in [5.41, 5.74) is 0. The molecule has 0 amide bonds. The van der Waals surface area contributed by atoms with E-state index in [0.717, 1.165) is 18.8 Å². The normalized spacial score (nSPS) is 11.5. The van der Waals surface area contributed by atoms with Gasteiger partial charge in [0.15, 0.2) is 0 Å². The molecule has 0 aliphatic rings. The predicted octanol–water partition coefficient (Wildman–Crippen LogP) is 5.57. The van der Waals surface area contributed by atoms with Crippen molar-refractivity contribution < 1.29 is 9.90 Å². The first-order valence-corrected chi connectivity index (χ1v) is 8.02. The largest absolute Gasteiger partial charge is 0.478 e. The number of hydrogen-bond donors (Lipinski definition) is 1. The van der Waals surface area contributed by atoms with Crippen molar-refractivity contribution in [2.75, 3.05) is 0 Å². The molecule has 19 heavy (non-hydrogen) atoms. The van der Waals surface area contributed by atoms with E-state index < -0.39 is 5.97 Å². The molecule has 0 aromatic heterocycles. The molecule has 112 valence electrons. The van der Waals surface area contributed by atoms with Crippen molar-refractivity contribution in [3.63, 3.8) is 0 Å². The fourth-order valence-electron chi connectivity index (χ4n) is 2.24. The van der Waals surface area contributed by atoms with Crippen molar-refractivity contribution in [1.29, 1.82) is 0 Å². The van der Waals surface area contributed by atoms with Gasteiger partial charge < -0.3 is 5.11 Å². The van der Waals surface area contributed by atoms with E-state index in [1.807, 2.05) is 0 Å². The number of carboxylic acid groups (broad SMARTS) is 1. The van der Waals surface area contributed by atoms with E-state index in [2.05, 4.69) is 13.8 Å². The Bertz CT molecular complexity index is 231. The van der Waals surface area contributed by atoms with E-state index in [9.17, 15) is 4.79 Å². The number of unbranched alkanes of at least 4 members (excludes halogenated alkanes) is 9. The molecule has 0 aliphatic carbocycles. The van der Waals surface area contributed by atoms with Crippen LogP contribution in [0.2, 0.25) is 0 Å². The molecule has 0 aliphatic heterocycles. The molecule has 2 nitrogen and oxygen atoms in total. The maximum atomic E-state index is 10.2. The standard InChI is InChI=1S/C17H32O2/c1-16(2)14-12-10-8-6-4-3-5-7-9-11-13-15-17(18)19/h13,15-16H,3-12,14H2,1-2H3,(H,18,19). The molecule has 0 atom stereocenters. The predicted molar refractivity (Wildman–Crippen MR) is 82.4 cm³/mol. The smallest absolute Gasteiger partial charge is 0.327 e. The van der Waals surface area contributed by atoms with Gasteiger partial charge in [0.1, 0.15) is 0 Å². The number of hydrogen-bond acceptors (Lipinski definition) is 1. The molecule has 0 aromatic carbocycles. The molecule has 0 bridgehead atoms. The van der Waals surface area contributed by atoms with Crippen LogP contribution in [0.25, 0.3) is 0 Å². The third-order valence-electron chi connectivity index (χ3n) is 3.41. The van der Waals surface area contributed by atoms with Crippen LogP contribution in [0.15, 0.2) is 12.2 Å². The average molecular weight is 268 g/mol. The first-order valence-electron chi connectivity index (χ1n) is 8.02. The van der Waals surface area contributed by atoms with Crippen molar-refractivity contribution in [2.45, 2.75) is 84.5 Å². The molecule has 1 N–H and O–H groups in total. The third kappa shape index (κ3) is 17.2. The van der Waals surface area contributed by atoms with E-state index in [0.29, 0.717) is 0 Å². The Morgan fingerprint density at radius 2 is 1.37 bits per heavy atom. The molecule has 0 heterocycles. The Balaban J connectivity index is 3.05. The second-order valence-electron chi connectivity index (χ2n) is 5.89. The molecule has 0 unspecified atom stereocenters. The molecule has 2 heteroatoms. The highest BCUT2D eigenvalue weighted by Gasteiger charge is 1.95. The van der Waals surface area contributed by atoms with Gasteiger partial charge in [0.05, 0.1) is 0 Å². The van der Waals surface area contributed by atoms with Crippen LogP contribution < -0.4 is 0 Å². The van der Waals surface area contributed by atoms with Crippen LogP contribution in [0, 0.1) is 5.92 Å². The Labute approximate surface area is 119 Å². The summed E-state index contributed by atoms with van der Waals surface area (Å²) in [5.74, 6) is 0.0210. The number of aliphatic carboxylic acids is 1. The minimum absolute atomic E-state index is 0.836. The summed E-state index contributed by atoms with van der Waals surface area (Å²) in [6.07, 6.45) is 17.2. The molecule has 0 rings (SSSR count). The topological polar surface area (TPSA) is 37.3 Å². The van der Waals surface area contributed by atoms with Gasteiger partial charge in [0.2, 0.25) is 0 Å². The Morgan fingerprint density at radius 1 is 0.895 bits per heavy atom. The maximum Gasteiger partial charge on any atom is 0.327 e.